The Labute approximate surface area is 237 Å². The average molecular weight is 541 g/mol. The molecule has 0 spiro atoms. The van der Waals surface area contributed by atoms with Gasteiger partial charge in [0.2, 0.25) is 11.8 Å². The second-order valence-corrected chi connectivity index (χ2v) is 10.6. The average Bonchev–Trinajstić information content (AvgIpc) is 2.95. The van der Waals surface area contributed by atoms with E-state index in [1.165, 1.54) is 6.42 Å². The molecule has 0 radical (unpaired) electrons. The zero-order valence-electron chi connectivity index (χ0n) is 23.1. The molecule has 0 aromatic heterocycles. The minimum atomic E-state index is -0.857. The monoisotopic (exact) mass is 540 g/mol. The summed E-state index contributed by atoms with van der Waals surface area (Å²) in [4.78, 5) is 40.1. The van der Waals surface area contributed by atoms with Crippen molar-refractivity contribution < 1.29 is 19.1 Å². The maximum absolute atomic E-state index is 13.7. The highest BCUT2D eigenvalue weighted by Crippen LogP contribution is 2.20. The Kier molecular flexibility index (Phi) is 11.3. The molecule has 2 atom stereocenters. The van der Waals surface area contributed by atoms with Crippen LogP contribution in [-0.4, -0.2) is 36.0 Å². The third kappa shape index (κ3) is 9.67. The zero-order valence-corrected chi connectivity index (χ0v) is 23.1. The molecular formula is C34H40N2O4. The van der Waals surface area contributed by atoms with Crippen molar-refractivity contribution in [3.05, 3.63) is 108 Å². The molecule has 40 heavy (non-hydrogen) atoms. The van der Waals surface area contributed by atoms with E-state index in [2.05, 4.69) is 10.6 Å². The van der Waals surface area contributed by atoms with Crippen molar-refractivity contribution in [3.63, 3.8) is 0 Å². The summed E-state index contributed by atoms with van der Waals surface area (Å²) in [6.07, 6.45) is 7.98. The first kappa shape index (κ1) is 29.1. The van der Waals surface area contributed by atoms with Crippen LogP contribution in [0.3, 0.4) is 0 Å². The van der Waals surface area contributed by atoms with Gasteiger partial charge in [0, 0.05) is 12.8 Å². The molecule has 0 heterocycles. The number of benzene rings is 3. The quantitative estimate of drug-likeness (QED) is 0.322. The van der Waals surface area contributed by atoms with Crippen molar-refractivity contribution in [1.82, 2.24) is 10.6 Å². The number of amides is 2. The van der Waals surface area contributed by atoms with Crippen LogP contribution >= 0.6 is 0 Å². The van der Waals surface area contributed by atoms with Crippen LogP contribution in [0.2, 0.25) is 0 Å². The van der Waals surface area contributed by atoms with Gasteiger partial charge in [0.05, 0.1) is 6.42 Å². The molecule has 2 amide bonds. The number of rotatable bonds is 11. The molecule has 2 N–H and O–H groups in total. The Morgan fingerprint density at radius 3 is 1.65 bits per heavy atom. The van der Waals surface area contributed by atoms with Crippen LogP contribution in [0.15, 0.2) is 91.0 Å². The zero-order chi connectivity index (χ0) is 28.0. The fourth-order valence-corrected chi connectivity index (χ4v) is 5.18. The maximum atomic E-state index is 13.7. The van der Waals surface area contributed by atoms with Crippen molar-refractivity contribution in [2.45, 2.75) is 82.4 Å². The van der Waals surface area contributed by atoms with Crippen LogP contribution in [0.1, 0.15) is 61.6 Å². The lowest BCUT2D eigenvalue weighted by atomic mass is 9.98. The Bertz CT molecular complexity index is 1190. The summed E-state index contributed by atoms with van der Waals surface area (Å²) >= 11 is 0. The highest BCUT2D eigenvalue weighted by Gasteiger charge is 2.30. The molecule has 4 rings (SSSR count). The molecule has 1 fully saturated rings. The molecule has 1 aliphatic carbocycles. The highest BCUT2D eigenvalue weighted by atomic mass is 16.5. The molecular weight excluding hydrogens is 500 g/mol. The highest BCUT2D eigenvalue weighted by molar-refractivity contribution is 5.91. The number of nitrogens with one attached hydrogen (secondary N) is 2. The molecule has 6 nitrogen and oxygen atoms in total. The van der Waals surface area contributed by atoms with E-state index in [1.54, 1.807) is 0 Å². The van der Waals surface area contributed by atoms with Crippen LogP contribution in [-0.2, 0) is 38.4 Å². The molecule has 0 saturated heterocycles. The van der Waals surface area contributed by atoms with Crippen LogP contribution in [0, 0.1) is 0 Å². The second kappa shape index (κ2) is 15.6. The Balaban J connectivity index is 1.49. The van der Waals surface area contributed by atoms with Crippen molar-refractivity contribution in [2.24, 2.45) is 0 Å². The van der Waals surface area contributed by atoms with E-state index < -0.39 is 24.0 Å². The summed E-state index contributed by atoms with van der Waals surface area (Å²) in [5, 5.41) is 5.86. The molecule has 0 aliphatic heterocycles. The van der Waals surface area contributed by atoms with Gasteiger partial charge in [0.1, 0.15) is 18.2 Å². The van der Waals surface area contributed by atoms with E-state index >= 15 is 0 Å². The normalized spacial score (nSPS) is 15.6. The summed E-state index contributed by atoms with van der Waals surface area (Å²) < 4.78 is 5.98. The van der Waals surface area contributed by atoms with Gasteiger partial charge in [-0.05, 0) is 42.4 Å². The molecule has 0 unspecified atom stereocenters. The number of esters is 1. The summed E-state index contributed by atoms with van der Waals surface area (Å²) in [5.41, 5.74) is 2.71. The third-order valence-electron chi connectivity index (χ3n) is 7.36. The first-order chi connectivity index (χ1) is 19.6. The Morgan fingerprint density at radius 2 is 1.10 bits per heavy atom. The number of hydrogen-bond acceptors (Lipinski definition) is 4. The predicted octanol–water partition coefficient (Wildman–Crippen LogP) is 5.34. The lowest BCUT2D eigenvalue weighted by molar-refractivity contribution is -0.154. The van der Waals surface area contributed by atoms with E-state index in [0.717, 1.165) is 55.2 Å². The second-order valence-electron chi connectivity index (χ2n) is 10.6. The molecule has 1 saturated carbocycles. The van der Waals surface area contributed by atoms with Gasteiger partial charge in [0.25, 0.3) is 0 Å². The maximum Gasteiger partial charge on any atom is 0.329 e. The van der Waals surface area contributed by atoms with Crippen LogP contribution < -0.4 is 10.6 Å². The van der Waals surface area contributed by atoms with Crippen molar-refractivity contribution in [2.75, 3.05) is 0 Å². The first-order valence-corrected chi connectivity index (χ1v) is 14.5. The molecule has 1 aliphatic rings. The van der Waals surface area contributed by atoms with Gasteiger partial charge in [-0.25, -0.2) is 4.79 Å². The summed E-state index contributed by atoms with van der Waals surface area (Å²) in [7, 11) is 0. The van der Waals surface area contributed by atoms with E-state index in [0.29, 0.717) is 12.8 Å². The lowest BCUT2D eigenvalue weighted by Crippen LogP contribution is -2.54. The first-order valence-electron chi connectivity index (χ1n) is 14.5. The van der Waals surface area contributed by atoms with E-state index in [9.17, 15) is 14.4 Å². The number of carbonyl (C=O) groups excluding carboxylic acids is 3. The Morgan fingerprint density at radius 1 is 0.625 bits per heavy atom. The van der Waals surface area contributed by atoms with Gasteiger partial charge < -0.3 is 15.4 Å². The smallest absolute Gasteiger partial charge is 0.329 e. The van der Waals surface area contributed by atoms with Gasteiger partial charge in [-0.2, -0.15) is 0 Å². The fraction of sp³-hybridized carbons (Fsp3) is 0.382. The van der Waals surface area contributed by atoms with Gasteiger partial charge in [-0.3, -0.25) is 9.59 Å². The molecule has 3 aromatic carbocycles. The minimum Gasteiger partial charge on any atom is -0.461 e. The third-order valence-corrected chi connectivity index (χ3v) is 7.36. The van der Waals surface area contributed by atoms with E-state index in [4.69, 9.17) is 4.74 Å². The van der Waals surface area contributed by atoms with Gasteiger partial charge in [-0.1, -0.05) is 110 Å². The Hall–Kier alpha value is -3.93. The summed E-state index contributed by atoms with van der Waals surface area (Å²) in [6.45, 7) is 0. The number of ether oxygens (including phenoxy) is 1. The summed E-state index contributed by atoms with van der Waals surface area (Å²) in [6, 6.07) is 26.9. The number of carbonyl (C=O) groups is 3. The SMILES string of the molecule is O=C(Cc1ccccc1)N[C@@H](Cc1ccccc1)C(=O)N[C@@H](Cc1ccccc1)C(=O)OC1CCCCCCC1. The van der Waals surface area contributed by atoms with Gasteiger partial charge in [0.15, 0.2) is 0 Å². The fourth-order valence-electron chi connectivity index (χ4n) is 5.18. The largest absolute Gasteiger partial charge is 0.461 e. The van der Waals surface area contributed by atoms with Crippen molar-refractivity contribution >= 4 is 17.8 Å². The van der Waals surface area contributed by atoms with Crippen molar-refractivity contribution in [1.29, 1.82) is 0 Å². The molecule has 3 aromatic rings. The van der Waals surface area contributed by atoms with Crippen LogP contribution in [0.5, 0.6) is 0 Å². The van der Waals surface area contributed by atoms with Gasteiger partial charge >= 0.3 is 5.97 Å². The topological polar surface area (TPSA) is 84.5 Å². The minimum absolute atomic E-state index is 0.131. The van der Waals surface area contributed by atoms with Crippen molar-refractivity contribution in [3.8, 4) is 0 Å². The summed E-state index contributed by atoms with van der Waals surface area (Å²) in [5.74, 6) is -1.07. The molecule has 6 heteroatoms. The lowest BCUT2D eigenvalue weighted by Gasteiger charge is -2.26. The number of hydrogen-bond donors (Lipinski definition) is 2. The van der Waals surface area contributed by atoms with Crippen LogP contribution in [0.25, 0.3) is 0 Å². The molecule has 0 bridgehead atoms. The van der Waals surface area contributed by atoms with E-state index in [1.807, 2.05) is 91.0 Å². The predicted molar refractivity (Wildman–Crippen MR) is 156 cm³/mol. The van der Waals surface area contributed by atoms with E-state index in [-0.39, 0.29) is 18.4 Å². The van der Waals surface area contributed by atoms with Crippen LogP contribution in [0.4, 0.5) is 0 Å². The standard InChI is InChI=1S/C34H40N2O4/c37-32(25-28-19-11-6-12-20-28)35-30(23-26-15-7-4-8-16-26)33(38)36-31(24-27-17-9-5-10-18-27)34(39)40-29-21-13-2-1-3-14-22-29/h4-12,15-20,29-31H,1-3,13-14,21-25H2,(H,35,37)(H,36,38)/t30-,31-/m0/s1. The molecule has 210 valence electrons. The van der Waals surface area contributed by atoms with Gasteiger partial charge in [-0.15, -0.1) is 0 Å².